The topological polar surface area (TPSA) is 90.7 Å². The molecule has 2 aromatic carbocycles. The van der Waals surface area contributed by atoms with Crippen molar-refractivity contribution in [3.63, 3.8) is 0 Å². The normalized spacial score (nSPS) is 13.4. The predicted octanol–water partition coefficient (Wildman–Crippen LogP) is 1.24. The molecule has 6 nitrogen and oxygen atoms in total. The Bertz CT molecular complexity index is 731. The van der Waals surface area contributed by atoms with Crippen LogP contribution in [0.4, 0.5) is 0 Å². The van der Waals surface area contributed by atoms with Crippen molar-refractivity contribution in [2.24, 2.45) is 5.73 Å². The monoisotopic (exact) mass is 312 g/mol. The molecule has 2 aromatic rings. The number of benzene rings is 2. The van der Waals surface area contributed by atoms with Crippen LogP contribution in [-0.2, 0) is 11.2 Å². The Morgan fingerprint density at radius 2 is 1.83 bits per heavy atom. The number of primary amides is 1. The molecular weight excluding hydrogens is 296 g/mol. The van der Waals surface area contributed by atoms with Crippen molar-refractivity contribution in [2.45, 2.75) is 12.5 Å². The molecule has 0 unspecified atom stereocenters. The molecule has 0 radical (unpaired) electrons. The number of amides is 2. The van der Waals surface area contributed by atoms with Gasteiger partial charge in [0.25, 0.3) is 5.91 Å². The number of fused-ring (bicyclic) bond motifs is 1. The van der Waals surface area contributed by atoms with Crippen LogP contribution in [0.2, 0.25) is 0 Å². The Morgan fingerprint density at radius 1 is 1.09 bits per heavy atom. The molecule has 6 heteroatoms. The standard InChI is InChI=1S/C17H16N2O4/c18-16(20)13(8-11-4-2-1-3-5-11)19-17(21)12-6-7-14-15(9-12)23-10-22-14/h1-7,9,13H,8,10H2,(H2,18,20)(H,19,21)/t13-/m0/s1. The fourth-order valence-electron chi connectivity index (χ4n) is 2.35. The molecule has 3 N–H and O–H groups in total. The van der Waals surface area contributed by atoms with E-state index < -0.39 is 11.9 Å². The zero-order valence-electron chi connectivity index (χ0n) is 12.3. The van der Waals surface area contributed by atoms with E-state index in [1.165, 1.54) is 0 Å². The summed E-state index contributed by atoms with van der Waals surface area (Å²) in [6.45, 7) is 0.137. The zero-order chi connectivity index (χ0) is 16.2. The van der Waals surface area contributed by atoms with Crippen molar-refractivity contribution in [1.29, 1.82) is 0 Å². The smallest absolute Gasteiger partial charge is 0.252 e. The van der Waals surface area contributed by atoms with E-state index in [0.29, 0.717) is 23.5 Å². The lowest BCUT2D eigenvalue weighted by Crippen LogP contribution is -2.45. The molecule has 1 heterocycles. The second-order valence-corrected chi connectivity index (χ2v) is 5.19. The second kappa shape index (κ2) is 6.39. The van der Waals surface area contributed by atoms with Crippen LogP contribution < -0.4 is 20.5 Å². The van der Waals surface area contributed by atoms with Gasteiger partial charge >= 0.3 is 0 Å². The van der Waals surface area contributed by atoms with Crippen LogP contribution in [0, 0.1) is 0 Å². The lowest BCUT2D eigenvalue weighted by Gasteiger charge is -2.15. The number of carbonyl (C=O) groups excluding carboxylic acids is 2. The third-order valence-electron chi connectivity index (χ3n) is 3.57. The van der Waals surface area contributed by atoms with E-state index in [1.54, 1.807) is 18.2 Å². The highest BCUT2D eigenvalue weighted by atomic mass is 16.7. The average Bonchev–Trinajstić information content (AvgIpc) is 3.02. The fraction of sp³-hybridized carbons (Fsp3) is 0.176. The highest BCUT2D eigenvalue weighted by Gasteiger charge is 2.21. The van der Waals surface area contributed by atoms with E-state index in [1.807, 2.05) is 30.3 Å². The van der Waals surface area contributed by atoms with Crippen molar-refractivity contribution in [3.05, 3.63) is 59.7 Å². The van der Waals surface area contributed by atoms with Crippen LogP contribution >= 0.6 is 0 Å². The number of hydrogen-bond donors (Lipinski definition) is 2. The fourth-order valence-corrected chi connectivity index (χ4v) is 2.35. The van der Waals surface area contributed by atoms with E-state index in [4.69, 9.17) is 15.2 Å². The average molecular weight is 312 g/mol. The molecule has 1 aliphatic rings. The van der Waals surface area contributed by atoms with Crippen molar-refractivity contribution in [1.82, 2.24) is 5.32 Å². The molecule has 0 fully saturated rings. The van der Waals surface area contributed by atoms with Crippen LogP contribution in [0.25, 0.3) is 0 Å². The summed E-state index contributed by atoms with van der Waals surface area (Å²) < 4.78 is 10.4. The summed E-state index contributed by atoms with van der Waals surface area (Å²) in [6, 6.07) is 13.4. The van der Waals surface area contributed by atoms with E-state index in [2.05, 4.69) is 5.32 Å². The van der Waals surface area contributed by atoms with E-state index in [0.717, 1.165) is 5.56 Å². The van der Waals surface area contributed by atoms with Gasteiger partial charge in [-0.05, 0) is 23.8 Å². The summed E-state index contributed by atoms with van der Waals surface area (Å²) in [5, 5.41) is 2.66. The maximum Gasteiger partial charge on any atom is 0.252 e. The van der Waals surface area contributed by atoms with E-state index in [-0.39, 0.29) is 12.7 Å². The van der Waals surface area contributed by atoms with Gasteiger partial charge in [-0.25, -0.2) is 0 Å². The molecule has 0 bridgehead atoms. The number of nitrogens with one attached hydrogen (secondary N) is 1. The molecule has 0 saturated carbocycles. The number of rotatable bonds is 5. The molecule has 118 valence electrons. The second-order valence-electron chi connectivity index (χ2n) is 5.19. The number of carbonyl (C=O) groups is 2. The minimum Gasteiger partial charge on any atom is -0.454 e. The molecule has 0 aromatic heterocycles. The minimum atomic E-state index is -0.782. The van der Waals surface area contributed by atoms with Gasteiger partial charge in [0, 0.05) is 12.0 Å². The van der Waals surface area contributed by atoms with Crippen molar-refractivity contribution >= 4 is 11.8 Å². The Hall–Kier alpha value is -3.02. The lowest BCUT2D eigenvalue weighted by molar-refractivity contribution is -0.119. The first-order chi connectivity index (χ1) is 11.1. The van der Waals surface area contributed by atoms with Gasteiger partial charge in [-0.3, -0.25) is 9.59 Å². The first-order valence-corrected chi connectivity index (χ1v) is 7.17. The molecule has 2 amide bonds. The van der Waals surface area contributed by atoms with Crippen LogP contribution in [0.3, 0.4) is 0 Å². The molecule has 0 spiro atoms. The third-order valence-corrected chi connectivity index (χ3v) is 3.57. The van der Waals surface area contributed by atoms with E-state index in [9.17, 15) is 9.59 Å². The largest absolute Gasteiger partial charge is 0.454 e. The molecule has 3 rings (SSSR count). The summed E-state index contributed by atoms with van der Waals surface area (Å²) in [5.74, 6) is 0.139. The molecule has 1 aliphatic heterocycles. The molecule has 0 aliphatic carbocycles. The first kappa shape index (κ1) is 14.9. The predicted molar refractivity (Wildman–Crippen MR) is 83.2 cm³/mol. The van der Waals surface area contributed by atoms with Crippen molar-refractivity contribution < 1.29 is 19.1 Å². The van der Waals surface area contributed by atoms with Gasteiger partial charge in [0.2, 0.25) is 12.7 Å². The van der Waals surface area contributed by atoms with Gasteiger partial charge in [0.05, 0.1) is 0 Å². The zero-order valence-corrected chi connectivity index (χ0v) is 12.3. The van der Waals surface area contributed by atoms with Crippen LogP contribution in [0.5, 0.6) is 11.5 Å². The SMILES string of the molecule is NC(=O)[C@H](Cc1ccccc1)NC(=O)c1ccc2c(c1)OCO2. The van der Waals surface area contributed by atoms with Crippen molar-refractivity contribution in [2.75, 3.05) is 6.79 Å². The van der Waals surface area contributed by atoms with Gasteiger partial charge < -0.3 is 20.5 Å². The first-order valence-electron chi connectivity index (χ1n) is 7.17. The molecule has 0 saturated heterocycles. The Morgan fingerprint density at radius 3 is 2.57 bits per heavy atom. The van der Waals surface area contributed by atoms with Gasteiger partial charge in [-0.15, -0.1) is 0 Å². The van der Waals surface area contributed by atoms with Crippen LogP contribution in [0.15, 0.2) is 48.5 Å². The lowest BCUT2D eigenvalue weighted by atomic mass is 10.0. The highest BCUT2D eigenvalue weighted by Crippen LogP contribution is 2.32. The van der Waals surface area contributed by atoms with Gasteiger partial charge in [-0.1, -0.05) is 30.3 Å². The Labute approximate surface area is 133 Å². The van der Waals surface area contributed by atoms with Crippen LogP contribution in [-0.4, -0.2) is 24.6 Å². The highest BCUT2D eigenvalue weighted by molar-refractivity contribution is 5.97. The maximum absolute atomic E-state index is 12.3. The third kappa shape index (κ3) is 3.42. The molecule has 23 heavy (non-hydrogen) atoms. The summed E-state index contributed by atoms with van der Waals surface area (Å²) >= 11 is 0. The van der Waals surface area contributed by atoms with E-state index >= 15 is 0 Å². The van der Waals surface area contributed by atoms with Gasteiger partial charge in [-0.2, -0.15) is 0 Å². The summed E-state index contributed by atoms with van der Waals surface area (Å²) in [6.07, 6.45) is 0.340. The van der Waals surface area contributed by atoms with Gasteiger partial charge in [0.1, 0.15) is 6.04 Å². The summed E-state index contributed by atoms with van der Waals surface area (Å²) in [4.78, 5) is 24.0. The molecular formula is C17H16N2O4. The molecule has 1 atom stereocenters. The Kier molecular flexibility index (Phi) is 4.14. The number of ether oxygens (including phenoxy) is 2. The Balaban J connectivity index is 1.72. The maximum atomic E-state index is 12.3. The quantitative estimate of drug-likeness (QED) is 0.869. The van der Waals surface area contributed by atoms with Crippen molar-refractivity contribution in [3.8, 4) is 11.5 Å². The van der Waals surface area contributed by atoms with Crippen LogP contribution in [0.1, 0.15) is 15.9 Å². The number of nitrogens with two attached hydrogens (primary N) is 1. The van der Waals surface area contributed by atoms with Gasteiger partial charge in [0.15, 0.2) is 11.5 Å². The number of hydrogen-bond acceptors (Lipinski definition) is 4. The summed E-state index contributed by atoms with van der Waals surface area (Å²) in [7, 11) is 0. The minimum absolute atomic E-state index is 0.137. The summed E-state index contributed by atoms with van der Waals surface area (Å²) in [5.41, 5.74) is 6.70.